The molecule has 2 atom stereocenters. The van der Waals surface area contributed by atoms with Crippen molar-refractivity contribution in [3.8, 4) is 0 Å². The molecule has 0 saturated heterocycles. The third kappa shape index (κ3) is 2.17. The summed E-state index contributed by atoms with van der Waals surface area (Å²) in [6.07, 6.45) is 17.1. The largest absolute Gasteiger partial charge is 0.330 e. The van der Waals surface area contributed by atoms with Crippen LogP contribution in [0.5, 0.6) is 0 Å². The van der Waals surface area contributed by atoms with Gasteiger partial charge >= 0.3 is 0 Å². The number of hydrogen-bond acceptors (Lipinski definition) is 2. The van der Waals surface area contributed by atoms with Gasteiger partial charge in [0, 0.05) is 11.0 Å². The fraction of sp³-hybridized carbons (Fsp3) is 0.688. The van der Waals surface area contributed by atoms with Crippen LogP contribution in [-0.4, -0.2) is 12.1 Å². The third-order valence-electron chi connectivity index (χ3n) is 5.07. The summed E-state index contributed by atoms with van der Waals surface area (Å²) in [5.74, 6) is 0.668. The molecule has 2 heteroatoms. The van der Waals surface area contributed by atoms with Crippen LogP contribution in [0.2, 0.25) is 0 Å². The second-order valence-corrected chi connectivity index (χ2v) is 5.92. The van der Waals surface area contributed by atoms with Crippen LogP contribution in [0.25, 0.3) is 0 Å². The SMILES string of the molecule is [CH2]CC1(C2CCCCC2)C=CC=C[C@@]1(N)CCN. The molecule has 0 spiro atoms. The lowest BCUT2D eigenvalue weighted by Gasteiger charge is -2.52. The molecule has 101 valence electrons. The molecule has 1 radical (unpaired) electrons. The molecule has 0 amide bonds. The van der Waals surface area contributed by atoms with E-state index in [0.29, 0.717) is 12.5 Å². The van der Waals surface area contributed by atoms with Gasteiger partial charge in [-0.05, 0) is 38.1 Å². The summed E-state index contributed by atoms with van der Waals surface area (Å²) in [5.41, 5.74) is 12.2. The van der Waals surface area contributed by atoms with E-state index in [9.17, 15) is 0 Å². The van der Waals surface area contributed by atoms with Gasteiger partial charge in [-0.25, -0.2) is 0 Å². The molecule has 0 aliphatic heterocycles. The van der Waals surface area contributed by atoms with Gasteiger partial charge in [-0.3, -0.25) is 0 Å². The van der Waals surface area contributed by atoms with Crippen LogP contribution >= 0.6 is 0 Å². The summed E-state index contributed by atoms with van der Waals surface area (Å²) in [7, 11) is 0. The summed E-state index contributed by atoms with van der Waals surface area (Å²) in [5, 5.41) is 0. The first kappa shape index (κ1) is 13.8. The second kappa shape index (κ2) is 5.58. The molecule has 0 heterocycles. The Morgan fingerprint density at radius 2 is 1.78 bits per heavy atom. The minimum Gasteiger partial charge on any atom is -0.330 e. The van der Waals surface area contributed by atoms with Gasteiger partial charge in [-0.1, -0.05) is 50.5 Å². The molecule has 0 aromatic rings. The molecule has 1 unspecified atom stereocenters. The summed E-state index contributed by atoms with van der Waals surface area (Å²) in [4.78, 5) is 0. The fourth-order valence-corrected chi connectivity index (χ4v) is 3.97. The Hall–Kier alpha value is -0.600. The highest BCUT2D eigenvalue weighted by Crippen LogP contribution is 2.51. The Morgan fingerprint density at radius 3 is 2.39 bits per heavy atom. The van der Waals surface area contributed by atoms with Crippen molar-refractivity contribution in [1.29, 1.82) is 0 Å². The molecule has 0 aromatic heterocycles. The molecule has 2 aliphatic carbocycles. The Bertz CT molecular complexity index is 328. The maximum Gasteiger partial charge on any atom is 0.0449 e. The van der Waals surface area contributed by atoms with Crippen LogP contribution in [-0.2, 0) is 0 Å². The molecule has 18 heavy (non-hydrogen) atoms. The van der Waals surface area contributed by atoms with Gasteiger partial charge in [0.2, 0.25) is 0 Å². The summed E-state index contributed by atoms with van der Waals surface area (Å²) < 4.78 is 0. The zero-order valence-corrected chi connectivity index (χ0v) is 11.4. The van der Waals surface area contributed by atoms with E-state index in [-0.39, 0.29) is 11.0 Å². The summed E-state index contributed by atoms with van der Waals surface area (Å²) in [6.45, 7) is 4.87. The average molecular weight is 247 g/mol. The van der Waals surface area contributed by atoms with Crippen LogP contribution < -0.4 is 11.5 Å². The standard InChI is InChI=1S/C16H27N2/c1-2-15(14-8-4-3-5-9-14)10-6-7-11-16(15,18)12-13-17/h6-7,10-11,14H,1-5,8-9,12-13,17-18H2/t15?,16-/m1/s1. The van der Waals surface area contributed by atoms with E-state index in [4.69, 9.17) is 11.5 Å². The Balaban J connectivity index is 2.32. The minimum absolute atomic E-state index is 0.0154. The van der Waals surface area contributed by atoms with Crippen molar-refractivity contribution < 1.29 is 0 Å². The van der Waals surface area contributed by atoms with Crippen LogP contribution in [0.3, 0.4) is 0 Å². The van der Waals surface area contributed by atoms with Crippen molar-refractivity contribution in [2.45, 2.75) is 50.5 Å². The monoisotopic (exact) mass is 247 g/mol. The second-order valence-electron chi connectivity index (χ2n) is 5.92. The third-order valence-corrected chi connectivity index (χ3v) is 5.07. The van der Waals surface area contributed by atoms with E-state index in [2.05, 4.69) is 31.2 Å². The zero-order valence-electron chi connectivity index (χ0n) is 11.4. The van der Waals surface area contributed by atoms with E-state index in [1.165, 1.54) is 32.1 Å². The smallest absolute Gasteiger partial charge is 0.0449 e. The molecular formula is C16H27N2. The summed E-state index contributed by atoms with van der Waals surface area (Å²) in [6, 6.07) is 0. The molecule has 2 rings (SSSR count). The first-order valence-electron chi connectivity index (χ1n) is 7.34. The quantitative estimate of drug-likeness (QED) is 0.802. The number of hydrogen-bond donors (Lipinski definition) is 2. The molecule has 2 aliphatic rings. The van der Waals surface area contributed by atoms with Gasteiger partial charge < -0.3 is 11.5 Å². The molecule has 0 bridgehead atoms. The van der Waals surface area contributed by atoms with E-state index >= 15 is 0 Å². The highest BCUT2D eigenvalue weighted by Gasteiger charge is 2.49. The average Bonchev–Trinajstić information content (AvgIpc) is 2.41. The van der Waals surface area contributed by atoms with Crippen LogP contribution in [0.4, 0.5) is 0 Å². The zero-order chi connectivity index (χ0) is 13.1. The van der Waals surface area contributed by atoms with Gasteiger partial charge in [-0.2, -0.15) is 0 Å². The predicted octanol–water partition coefficient (Wildman–Crippen LogP) is 2.95. The van der Waals surface area contributed by atoms with Crippen LogP contribution in [0.1, 0.15) is 44.9 Å². The molecule has 1 saturated carbocycles. The molecule has 2 nitrogen and oxygen atoms in total. The fourth-order valence-electron chi connectivity index (χ4n) is 3.97. The van der Waals surface area contributed by atoms with Crippen LogP contribution in [0, 0.1) is 18.3 Å². The molecule has 0 aromatic carbocycles. The molecular weight excluding hydrogens is 220 g/mol. The van der Waals surface area contributed by atoms with Crippen molar-refractivity contribution in [3.63, 3.8) is 0 Å². The number of allylic oxidation sites excluding steroid dienone is 2. The first-order valence-corrected chi connectivity index (χ1v) is 7.34. The normalized spacial score (nSPS) is 37.1. The van der Waals surface area contributed by atoms with Crippen molar-refractivity contribution >= 4 is 0 Å². The van der Waals surface area contributed by atoms with E-state index in [0.717, 1.165) is 12.8 Å². The lowest BCUT2D eigenvalue weighted by atomic mass is 9.55. The van der Waals surface area contributed by atoms with Crippen molar-refractivity contribution in [2.75, 3.05) is 6.54 Å². The lowest BCUT2D eigenvalue weighted by Crippen LogP contribution is -2.58. The number of rotatable bonds is 4. The minimum atomic E-state index is -0.305. The Morgan fingerprint density at radius 1 is 1.11 bits per heavy atom. The van der Waals surface area contributed by atoms with Gasteiger partial charge in [0.15, 0.2) is 0 Å². The highest BCUT2D eigenvalue weighted by atomic mass is 14.8. The first-order chi connectivity index (χ1) is 8.68. The van der Waals surface area contributed by atoms with Crippen molar-refractivity contribution in [1.82, 2.24) is 0 Å². The predicted molar refractivity (Wildman–Crippen MR) is 77.9 cm³/mol. The van der Waals surface area contributed by atoms with Gasteiger partial charge in [0.05, 0.1) is 0 Å². The Labute approximate surface area is 112 Å². The van der Waals surface area contributed by atoms with Gasteiger partial charge in [-0.15, -0.1) is 0 Å². The van der Waals surface area contributed by atoms with Crippen molar-refractivity contribution in [2.24, 2.45) is 22.8 Å². The molecule has 1 fully saturated rings. The summed E-state index contributed by atoms with van der Waals surface area (Å²) >= 11 is 0. The van der Waals surface area contributed by atoms with Gasteiger partial charge in [0.25, 0.3) is 0 Å². The van der Waals surface area contributed by atoms with Crippen molar-refractivity contribution in [3.05, 3.63) is 31.2 Å². The topological polar surface area (TPSA) is 52.0 Å². The van der Waals surface area contributed by atoms with Crippen LogP contribution in [0.15, 0.2) is 24.3 Å². The highest BCUT2D eigenvalue weighted by molar-refractivity contribution is 5.31. The number of nitrogens with two attached hydrogens (primary N) is 2. The maximum absolute atomic E-state index is 6.73. The van der Waals surface area contributed by atoms with E-state index in [1.54, 1.807) is 0 Å². The van der Waals surface area contributed by atoms with E-state index in [1.807, 2.05) is 0 Å². The lowest BCUT2D eigenvalue weighted by molar-refractivity contribution is 0.0916. The Kier molecular flexibility index (Phi) is 4.29. The molecule has 4 N–H and O–H groups in total. The van der Waals surface area contributed by atoms with Gasteiger partial charge in [0.1, 0.15) is 0 Å². The maximum atomic E-state index is 6.73. The van der Waals surface area contributed by atoms with E-state index < -0.39 is 0 Å².